The molecule has 358 valence electrons. The summed E-state index contributed by atoms with van der Waals surface area (Å²) >= 11 is 0. The lowest BCUT2D eigenvalue weighted by molar-refractivity contribution is 0.552. The van der Waals surface area contributed by atoms with E-state index in [0.29, 0.717) is 0 Å². The van der Waals surface area contributed by atoms with E-state index < -0.39 is 0 Å². The van der Waals surface area contributed by atoms with Crippen molar-refractivity contribution < 1.29 is 0 Å². The van der Waals surface area contributed by atoms with E-state index in [-0.39, 0.29) is 0 Å². The van der Waals surface area contributed by atoms with Crippen LogP contribution in [0.5, 0.6) is 0 Å². The van der Waals surface area contributed by atoms with E-state index in [1.165, 1.54) is 283 Å². The molecule has 2 aromatic rings. The Morgan fingerprint density at radius 1 is 0.242 bits per heavy atom. The Bertz CT molecular complexity index is 1140. The first kappa shape index (κ1) is 57.3. The second-order valence-corrected chi connectivity index (χ2v) is 21.9. The summed E-state index contributed by atoms with van der Waals surface area (Å²) in [6.07, 6.45) is 61.6. The summed E-state index contributed by atoms with van der Waals surface area (Å²) in [5.41, 5.74) is 6.70. The standard InChI is InChI=1S/C60H106S2/c1-5-9-13-17-21-25-29-33-37-41-47-55-49-45-53-59(57(55)51-43-39-35-31-27-23-19-15-11-7-3)61-62-60-54-46-50-56(48-42-38-34-30-26-22-18-14-10-6-2)58(60)52-44-40-36-32-28-24-20-16-12-8-4/h45-46,49-50,53-54H,5-44,47-48,51-52H2,1-4H3. The average molecular weight is 892 g/mol. The molecule has 0 spiro atoms. The zero-order valence-electron chi connectivity index (χ0n) is 42.4. The molecule has 0 aliphatic rings. The number of unbranched alkanes of at least 4 members (excludes halogenated alkanes) is 36. The minimum Gasteiger partial charge on any atom is -0.0654 e. The molecular weight excluding hydrogens is 785 g/mol. The van der Waals surface area contributed by atoms with Crippen LogP contribution in [0.3, 0.4) is 0 Å². The number of hydrogen-bond donors (Lipinski definition) is 0. The van der Waals surface area contributed by atoms with Crippen molar-refractivity contribution in [2.75, 3.05) is 0 Å². The normalized spacial score (nSPS) is 11.6. The van der Waals surface area contributed by atoms with Gasteiger partial charge in [-0.3, -0.25) is 0 Å². The molecule has 0 unspecified atom stereocenters. The zero-order chi connectivity index (χ0) is 44.2. The van der Waals surface area contributed by atoms with Gasteiger partial charge in [-0.1, -0.05) is 305 Å². The van der Waals surface area contributed by atoms with Crippen LogP contribution in [0.1, 0.15) is 307 Å². The summed E-state index contributed by atoms with van der Waals surface area (Å²) in [6.45, 7) is 9.30. The fourth-order valence-electron chi connectivity index (χ4n) is 9.69. The van der Waals surface area contributed by atoms with Gasteiger partial charge >= 0.3 is 0 Å². The van der Waals surface area contributed by atoms with Gasteiger partial charge < -0.3 is 0 Å². The number of benzene rings is 2. The van der Waals surface area contributed by atoms with Crippen LogP contribution in [0.15, 0.2) is 46.2 Å². The summed E-state index contributed by atoms with van der Waals surface area (Å²) in [4.78, 5) is 3.11. The van der Waals surface area contributed by atoms with E-state index in [1.54, 1.807) is 32.0 Å². The van der Waals surface area contributed by atoms with E-state index in [9.17, 15) is 0 Å². The first-order valence-electron chi connectivity index (χ1n) is 28.3. The summed E-state index contributed by atoms with van der Waals surface area (Å²) in [5.74, 6) is 0. The van der Waals surface area contributed by atoms with E-state index in [4.69, 9.17) is 0 Å². The topological polar surface area (TPSA) is 0 Å². The van der Waals surface area contributed by atoms with Crippen LogP contribution >= 0.6 is 21.6 Å². The van der Waals surface area contributed by atoms with E-state index in [0.717, 1.165) is 0 Å². The third-order valence-electron chi connectivity index (χ3n) is 13.8. The Hall–Kier alpha value is -0.860. The second kappa shape index (κ2) is 44.0. The monoisotopic (exact) mass is 891 g/mol. The molecule has 0 fully saturated rings. The van der Waals surface area contributed by atoms with Crippen LogP contribution in [-0.4, -0.2) is 0 Å². The summed E-state index contributed by atoms with van der Waals surface area (Å²) in [7, 11) is 4.19. The van der Waals surface area contributed by atoms with Crippen molar-refractivity contribution >= 4 is 21.6 Å². The van der Waals surface area contributed by atoms with Crippen LogP contribution in [0.25, 0.3) is 0 Å². The Balaban J connectivity index is 2.06. The highest BCUT2D eigenvalue weighted by atomic mass is 33.1. The maximum atomic E-state index is 2.50. The Labute approximate surface area is 398 Å². The Kier molecular flexibility index (Phi) is 40.6. The molecule has 0 nitrogen and oxygen atoms in total. The number of aryl methyl sites for hydroxylation is 2. The maximum Gasteiger partial charge on any atom is 0.0221 e. The molecule has 0 atom stereocenters. The predicted molar refractivity (Wildman–Crippen MR) is 287 cm³/mol. The second-order valence-electron chi connectivity index (χ2n) is 19.7. The van der Waals surface area contributed by atoms with Crippen LogP contribution in [0.2, 0.25) is 0 Å². The highest BCUT2D eigenvalue weighted by molar-refractivity contribution is 8.76. The van der Waals surface area contributed by atoms with Crippen molar-refractivity contribution in [2.24, 2.45) is 0 Å². The maximum absolute atomic E-state index is 2.50. The molecule has 0 amide bonds. The molecule has 0 N–H and O–H groups in total. The lowest BCUT2D eigenvalue weighted by Gasteiger charge is -2.17. The van der Waals surface area contributed by atoms with Gasteiger partial charge in [0.25, 0.3) is 0 Å². The first-order valence-corrected chi connectivity index (χ1v) is 30.5. The summed E-state index contributed by atoms with van der Waals surface area (Å²) in [5, 5.41) is 0. The SMILES string of the molecule is CCCCCCCCCCCCc1cccc(SSc2cccc(CCCCCCCCCCCC)c2CCCCCCCCCCCC)c1CCCCCCCCCCCC. The molecule has 2 heteroatoms. The molecule has 62 heavy (non-hydrogen) atoms. The predicted octanol–water partition coefficient (Wildman–Crippen LogP) is 22.3. The molecule has 0 aromatic heterocycles. The minimum absolute atomic E-state index is 1.26. The molecule has 0 heterocycles. The lowest BCUT2D eigenvalue weighted by atomic mass is 9.96. The van der Waals surface area contributed by atoms with Gasteiger partial charge in [0.2, 0.25) is 0 Å². The van der Waals surface area contributed by atoms with Gasteiger partial charge in [0.15, 0.2) is 0 Å². The summed E-state index contributed by atoms with van der Waals surface area (Å²) < 4.78 is 0. The van der Waals surface area contributed by atoms with E-state index in [1.807, 2.05) is 0 Å². The van der Waals surface area contributed by atoms with Gasteiger partial charge in [0.05, 0.1) is 0 Å². The minimum atomic E-state index is 1.26. The van der Waals surface area contributed by atoms with Crippen LogP contribution < -0.4 is 0 Å². The van der Waals surface area contributed by atoms with Crippen LogP contribution in [-0.2, 0) is 25.7 Å². The third-order valence-corrected chi connectivity index (χ3v) is 16.4. The smallest absolute Gasteiger partial charge is 0.0221 e. The largest absolute Gasteiger partial charge is 0.0654 e. The van der Waals surface area contributed by atoms with Crippen molar-refractivity contribution in [3.8, 4) is 0 Å². The fraction of sp³-hybridized carbons (Fsp3) is 0.800. The van der Waals surface area contributed by atoms with Crippen LogP contribution in [0.4, 0.5) is 0 Å². The Morgan fingerprint density at radius 3 is 0.694 bits per heavy atom. The van der Waals surface area contributed by atoms with Crippen LogP contribution in [0, 0.1) is 0 Å². The lowest BCUT2D eigenvalue weighted by Crippen LogP contribution is -1.99. The van der Waals surface area contributed by atoms with Gasteiger partial charge in [-0.2, -0.15) is 0 Å². The molecular formula is C60H106S2. The zero-order valence-corrected chi connectivity index (χ0v) is 44.0. The van der Waals surface area contributed by atoms with Crippen molar-refractivity contribution in [3.05, 3.63) is 58.7 Å². The summed E-state index contributed by atoms with van der Waals surface area (Å²) in [6, 6.07) is 14.7. The third kappa shape index (κ3) is 31.1. The first-order chi connectivity index (χ1) is 30.7. The van der Waals surface area contributed by atoms with Gasteiger partial charge in [0.1, 0.15) is 0 Å². The van der Waals surface area contributed by atoms with Gasteiger partial charge in [-0.05, 0) is 85.8 Å². The van der Waals surface area contributed by atoms with E-state index >= 15 is 0 Å². The fourth-order valence-corrected chi connectivity index (χ4v) is 12.3. The molecule has 0 radical (unpaired) electrons. The average Bonchev–Trinajstić information content (AvgIpc) is 3.29. The van der Waals surface area contributed by atoms with E-state index in [2.05, 4.69) is 85.7 Å². The molecule has 0 aliphatic carbocycles. The van der Waals surface area contributed by atoms with Crippen molar-refractivity contribution in [2.45, 2.75) is 320 Å². The molecule has 0 saturated heterocycles. The van der Waals surface area contributed by atoms with Gasteiger partial charge in [-0.25, -0.2) is 0 Å². The quantitative estimate of drug-likeness (QED) is 0.0480. The molecule has 0 bridgehead atoms. The van der Waals surface area contributed by atoms with Gasteiger partial charge in [0, 0.05) is 9.79 Å². The number of rotatable bonds is 47. The highest BCUT2D eigenvalue weighted by Gasteiger charge is 2.14. The highest BCUT2D eigenvalue weighted by Crippen LogP contribution is 2.43. The number of hydrogen-bond acceptors (Lipinski definition) is 2. The molecule has 0 aliphatic heterocycles. The molecule has 2 aromatic carbocycles. The van der Waals surface area contributed by atoms with Gasteiger partial charge in [-0.15, -0.1) is 0 Å². The van der Waals surface area contributed by atoms with Crippen molar-refractivity contribution in [3.63, 3.8) is 0 Å². The van der Waals surface area contributed by atoms with Crippen molar-refractivity contribution in [1.29, 1.82) is 0 Å². The Morgan fingerprint density at radius 2 is 0.452 bits per heavy atom. The molecule has 0 saturated carbocycles. The van der Waals surface area contributed by atoms with Crippen molar-refractivity contribution in [1.82, 2.24) is 0 Å². The molecule has 2 rings (SSSR count).